The van der Waals surface area contributed by atoms with Crippen LogP contribution in [0.2, 0.25) is 0 Å². The van der Waals surface area contributed by atoms with E-state index in [1.807, 2.05) is 0 Å². The fraction of sp³-hybridized carbons (Fsp3) is 0.727. The van der Waals surface area contributed by atoms with Gasteiger partial charge in [-0.1, -0.05) is 23.1 Å². The van der Waals surface area contributed by atoms with Crippen LogP contribution < -0.4 is 4.90 Å². The lowest BCUT2D eigenvalue weighted by molar-refractivity contribution is -0.133. The van der Waals surface area contributed by atoms with E-state index >= 15 is 0 Å². The summed E-state index contributed by atoms with van der Waals surface area (Å²) in [4.78, 5) is 15.0. The molecular formula is C11H18N4O2S2. The highest BCUT2D eigenvalue weighted by Crippen LogP contribution is 2.29. The topological polar surface area (TPSA) is 69.6 Å². The summed E-state index contributed by atoms with van der Waals surface area (Å²) in [5, 5.41) is 17.7. The first-order chi connectivity index (χ1) is 9.06. The van der Waals surface area contributed by atoms with Crippen molar-refractivity contribution >= 4 is 34.2 Å². The zero-order valence-electron chi connectivity index (χ0n) is 11.1. The zero-order valence-corrected chi connectivity index (χ0v) is 12.7. The van der Waals surface area contributed by atoms with Crippen LogP contribution in [0.1, 0.15) is 12.8 Å². The molecule has 1 N–H and O–H groups in total. The van der Waals surface area contributed by atoms with Crippen LogP contribution in [-0.2, 0) is 4.79 Å². The van der Waals surface area contributed by atoms with Crippen molar-refractivity contribution in [1.29, 1.82) is 0 Å². The SMILES string of the molecule is CN(C)C1CCN(c2nnc(SCC(=O)O)s2)CC1. The van der Waals surface area contributed by atoms with Crippen LogP contribution in [0.4, 0.5) is 5.13 Å². The second-order valence-electron chi connectivity index (χ2n) is 4.71. The minimum atomic E-state index is -0.825. The van der Waals surface area contributed by atoms with Gasteiger partial charge in [0.1, 0.15) is 0 Å². The van der Waals surface area contributed by atoms with Gasteiger partial charge in [0.2, 0.25) is 5.13 Å². The predicted molar refractivity (Wildman–Crippen MR) is 77.2 cm³/mol. The quantitative estimate of drug-likeness (QED) is 0.821. The molecule has 0 unspecified atom stereocenters. The number of piperidine rings is 1. The predicted octanol–water partition coefficient (Wildman–Crippen LogP) is 1.25. The van der Waals surface area contributed by atoms with Crippen molar-refractivity contribution in [3.63, 3.8) is 0 Å². The van der Waals surface area contributed by atoms with Gasteiger partial charge in [-0.05, 0) is 26.9 Å². The Hall–Kier alpha value is -0.860. The van der Waals surface area contributed by atoms with Crippen molar-refractivity contribution in [2.24, 2.45) is 0 Å². The molecular weight excluding hydrogens is 284 g/mol. The molecule has 0 radical (unpaired) electrons. The first-order valence-corrected chi connectivity index (χ1v) is 7.96. The summed E-state index contributed by atoms with van der Waals surface area (Å²) in [7, 11) is 4.23. The van der Waals surface area contributed by atoms with E-state index in [0.717, 1.165) is 35.4 Å². The lowest BCUT2D eigenvalue weighted by atomic mass is 10.1. The highest BCUT2D eigenvalue weighted by molar-refractivity contribution is 8.01. The normalized spacial score (nSPS) is 17.1. The van der Waals surface area contributed by atoms with Crippen LogP contribution in [0.15, 0.2) is 4.34 Å². The molecule has 0 spiro atoms. The second-order valence-corrected chi connectivity index (χ2v) is 6.89. The molecule has 0 aliphatic carbocycles. The van der Waals surface area contributed by atoms with Crippen LogP contribution in [0, 0.1) is 0 Å². The Bertz CT molecular complexity index is 430. The molecule has 1 saturated heterocycles. The van der Waals surface area contributed by atoms with Gasteiger partial charge >= 0.3 is 5.97 Å². The lowest BCUT2D eigenvalue weighted by Crippen LogP contribution is -2.41. The van der Waals surface area contributed by atoms with Gasteiger partial charge in [-0.25, -0.2) is 0 Å². The highest BCUT2D eigenvalue weighted by atomic mass is 32.2. The summed E-state index contributed by atoms with van der Waals surface area (Å²) >= 11 is 2.71. The molecule has 106 valence electrons. The molecule has 1 aliphatic rings. The molecule has 1 aromatic heterocycles. The number of aromatic nitrogens is 2. The van der Waals surface area contributed by atoms with E-state index < -0.39 is 5.97 Å². The van der Waals surface area contributed by atoms with Gasteiger partial charge in [0.05, 0.1) is 5.75 Å². The number of carboxylic acid groups (broad SMARTS) is 1. The summed E-state index contributed by atoms with van der Waals surface area (Å²) in [5.74, 6) is -0.786. The van der Waals surface area contributed by atoms with Crippen LogP contribution >= 0.6 is 23.1 Å². The van der Waals surface area contributed by atoms with Crippen LogP contribution in [-0.4, -0.2) is 65.2 Å². The monoisotopic (exact) mass is 302 g/mol. The molecule has 8 heteroatoms. The second kappa shape index (κ2) is 6.53. The van der Waals surface area contributed by atoms with Crippen molar-refractivity contribution in [3.8, 4) is 0 Å². The van der Waals surface area contributed by atoms with E-state index in [-0.39, 0.29) is 5.75 Å². The fourth-order valence-electron chi connectivity index (χ4n) is 2.09. The number of anilines is 1. The van der Waals surface area contributed by atoms with Crippen molar-refractivity contribution in [2.75, 3.05) is 37.8 Å². The van der Waals surface area contributed by atoms with Gasteiger partial charge in [-0.2, -0.15) is 0 Å². The average molecular weight is 302 g/mol. The maximum Gasteiger partial charge on any atom is 0.313 e. The third-order valence-electron chi connectivity index (χ3n) is 3.18. The maximum atomic E-state index is 10.5. The molecule has 1 fully saturated rings. The molecule has 19 heavy (non-hydrogen) atoms. The van der Waals surface area contributed by atoms with Gasteiger partial charge in [0.15, 0.2) is 4.34 Å². The highest BCUT2D eigenvalue weighted by Gasteiger charge is 2.23. The minimum absolute atomic E-state index is 0.0390. The number of thioether (sulfide) groups is 1. The lowest BCUT2D eigenvalue weighted by Gasteiger charge is -2.34. The molecule has 1 aromatic rings. The first kappa shape index (κ1) is 14.5. The molecule has 1 aliphatic heterocycles. The molecule has 2 rings (SSSR count). The van der Waals surface area contributed by atoms with Crippen molar-refractivity contribution in [3.05, 3.63) is 0 Å². The summed E-state index contributed by atoms with van der Waals surface area (Å²) in [5.41, 5.74) is 0. The van der Waals surface area contributed by atoms with Crippen molar-refractivity contribution in [1.82, 2.24) is 15.1 Å². The first-order valence-electron chi connectivity index (χ1n) is 6.15. The van der Waals surface area contributed by atoms with Crippen LogP contribution in [0.3, 0.4) is 0 Å². The number of carbonyl (C=O) groups is 1. The van der Waals surface area contributed by atoms with Crippen LogP contribution in [0.25, 0.3) is 0 Å². The average Bonchev–Trinajstić information content (AvgIpc) is 2.85. The minimum Gasteiger partial charge on any atom is -0.481 e. The number of aliphatic carboxylic acids is 1. The molecule has 2 heterocycles. The Labute approximate surface area is 120 Å². The summed E-state index contributed by atoms with van der Waals surface area (Å²) in [6.45, 7) is 1.97. The molecule has 0 saturated carbocycles. The largest absolute Gasteiger partial charge is 0.481 e. The zero-order chi connectivity index (χ0) is 13.8. The van der Waals surface area contributed by atoms with Crippen LogP contribution in [0.5, 0.6) is 0 Å². The smallest absolute Gasteiger partial charge is 0.313 e. The number of rotatable bonds is 5. The van der Waals surface area contributed by atoms with E-state index in [9.17, 15) is 4.79 Å². The summed E-state index contributed by atoms with van der Waals surface area (Å²) < 4.78 is 0.729. The fourth-order valence-corrected chi connectivity index (χ4v) is 3.70. The number of nitrogens with zero attached hydrogens (tertiary/aromatic N) is 4. The summed E-state index contributed by atoms with van der Waals surface area (Å²) in [6, 6.07) is 0.644. The van der Waals surface area contributed by atoms with Gasteiger partial charge < -0.3 is 14.9 Å². The number of hydrogen-bond donors (Lipinski definition) is 1. The Morgan fingerprint density at radius 3 is 2.74 bits per heavy atom. The van der Waals surface area contributed by atoms with Crippen molar-refractivity contribution < 1.29 is 9.90 Å². The van der Waals surface area contributed by atoms with Crippen molar-refractivity contribution in [2.45, 2.75) is 23.2 Å². The van der Waals surface area contributed by atoms with E-state index in [1.165, 1.54) is 23.1 Å². The number of carboxylic acids is 1. The Balaban J connectivity index is 1.88. The summed E-state index contributed by atoms with van der Waals surface area (Å²) in [6.07, 6.45) is 2.26. The molecule has 0 amide bonds. The Kier molecular flexibility index (Phi) is 5.00. The van der Waals surface area contributed by atoms with Gasteiger partial charge in [-0.15, -0.1) is 10.2 Å². The van der Waals surface area contributed by atoms with E-state index in [4.69, 9.17) is 5.11 Å². The molecule has 6 nitrogen and oxygen atoms in total. The van der Waals surface area contributed by atoms with Gasteiger partial charge in [0, 0.05) is 19.1 Å². The Morgan fingerprint density at radius 2 is 2.16 bits per heavy atom. The molecule has 0 atom stereocenters. The van der Waals surface area contributed by atoms with Gasteiger partial charge in [-0.3, -0.25) is 4.79 Å². The third-order valence-corrected chi connectivity index (χ3v) is 5.28. The molecule has 0 bridgehead atoms. The Morgan fingerprint density at radius 1 is 1.47 bits per heavy atom. The van der Waals surface area contributed by atoms with E-state index in [2.05, 4.69) is 34.1 Å². The van der Waals surface area contributed by atoms with Gasteiger partial charge in [0.25, 0.3) is 0 Å². The van der Waals surface area contributed by atoms with E-state index in [0.29, 0.717) is 6.04 Å². The van der Waals surface area contributed by atoms with E-state index in [1.54, 1.807) is 0 Å². The molecule has 0 aromatic carbocycles. The number of hydrogen-bond acceptors (Lipinski definition) is 7. The standard InChI is InChI=1S/C11H18N4O2S2/c1-14(2)8-3-5-15(6-4-8)10-12-13-11(19-10)18-7-9(16)17/h8H,3-7H2,1-2H3,(H,16,17). The maximum absolute atomic E-state index is 10.5. The third kappa shape index (κ3) is 4.05.